The maximum atomic E-state index is 13.6. The van der Waals surface area contributed by atoms with Gasteiger partial charge in [0.15, 0.2) is 0 Å². The number of ether oxygens (including phenoxy) is 2. The van der Waals surface area contributed by atoms with Gasteiger partial charge in [-0.3, -0.25) is 19.8 Å². The Morgan fingerprint density at radius 1 is 1.07 bits per heavy atom. The molecule has 6 rings (SSSR count). The second-order valence-corrected chi connectivity index (χ2v) is 12.0. The monoisotopic (exact) mass is 617 g/mol. The summed E-state index contributed by atoms with van der Waals surface area (Å²) in [5.74, 6) is 1.36. The maximum Gasteiger partial charge on any atom is 0.265 e. The van der Waals surface area contributed by atoms with Gasteiger partial charge in [0.25, 0.3) is 5.91 Å². The van der Waals surface area contributed by atoms with Crippen LogP contribution in [-0.2, 0) is 9.57 Å². The van der Waals surface area contributed by atoms with E-state index in [4.69, 9.17) is 14.3 Å². The zero-order chi connectivity index (χ0) is 30.3. The SMILES string of the molecule is CONc1cc(SNC(=O)c2ccc(N3CCN(C)CC3)cc2Oc2cnc3[nH]ccc3c2)ccc1NCC1CCOCC1. The molecular weight excluding hydrogens is 578 g/mol. The number of aromatic amines is 1. The van der Waals surface area contributed by atoms with Crippen LogP contribution in [0.4, 0.5) is 17.1 Å². The average Bonchev–Trinajstić information content (AvgIpc) is 3.52. The highest BCUT2D eigenvalue weighted by atomic mass is 32.2. The van der Waals surface area contributed by atoms with Gasteiger partial charge in [0.1, 0.15) is 17.1 Å². The molecule has 2 aliphatic heterocycles. The number of nitrogens with zero attached hydrogens (tertiary/aromatic N) is 3. The molecule has 12 heteroatoms. The molecule has 232 valence electrons. The van der Waals surface area contributed by atoms with Crippen molar-refractivity contribution >= 4 is 46.0 Å². The molecule has 2 aromatic heterocycles. The first-order chi connectivity index (χ1) is 21.6. The fourth-order valence-electron chi connectivity index (χ4n) is 5.45. The second kappa shape index (κ2) is 14.2. The number of carbonyl (C=O) groups is 1. The van der Waals surface area contributed by atoms with Crippen LogP contribution in [-0.4, -0.2) is 80.9 Å². The molecule has 0 atom stereocenters. The Labute approximate surface area is 261 Å². The standard InChI is InChI=1S/C32H39N7O4S/c1-38-11-13-39(14-12-38)24-3-5-27(30(18-24)43-25-17-23-7-10-33-31(23)35-21-25)32(40)37-44-26-4-6-28(29(19-26)36-41-2)34-20-22-8-15-42-16-9-22/h3-7,10,17-19,21-22,34,36H,8-9,11-16,20H2,1-2H3,(H,33,35)(H,37,40). The average molecular weight is 618 g/mol. The fraction of sp³-hybridized carbons (Fsp3) is 0.375. The number of benzene rings is 2. The van der Waals surface area contributed by atoms with Gasteiger partial charge < -0.3 is 29.6 Å². The highest BCUT2D eigenvalue weighted by Crippen LogP contribution is 2.33. The Kier molecular flexibility index (Phi) is 9.71. The maximum absolute atomic E-state index is 13.6. The molecule has 2 aliphatic rings. The summed E-state index contributed by atoms with van der Waals surface area (Å²) in [5, 5.41) is 4.47. The highest BCUT2D eigenvalue weighted by molar-refractivity contribution is 7.98. The third-order valence-corrected chi connectivity index (χ3v) is 8.84. The molecule has 0 unspecified atom stereocenters. The van der Waals surface area contributed by atoms with Crippen LogP contribution in [0.25, 0.3) is 11.0 Å². The smallest absolute Gasteiger partial charge is 0.265 e. The number of aromatic nitrogens is 2. The van der Waals surface area contributed by atoms with Gasteiger partial charge in [-0.25, -0.2) is 4.98 Å². The van der Waals surface area contributed by atoms with Crippen LogP contribution >= 0.6 is 11.9 Å². The van der Waals surface area contributed by atoms with Crippen molar-refractivity contribution < 1.29 is 19.1 Å². The van der Waals surface area contributed by atoms with Crippen molar-refractivity contribution in [2.75, 3.05) is 75.8 Å². The molecule has 2 aromatic carbocycles. The van der Waals surface area contributed by atoms with Gasteiger partial charge in [0, 0.05) is 74.2 Å². The summed E-state index contributed by atoms with van der Waals surface area (Å²) >= 11 is 1.24. The number of fused-ring (bicyclic) bond motifs is 1. The summed E-state index contributed by atoms with van der Waals surface area (Å²) in [7, 11) is 3.72. The van der Waals surface area contributed by atoms with Crippen molar-refractivity contribution in [2.45, 2.75) is 17.7 Å². The fourth-order valence-corrected chi connectivity index (χ4v) is 6.08. The van der Waals surface area contributed by atoms with Crippen LogP contribution in [0.5, 0.6) is 11.5 Å². The molecule has 44 heavy (non-hydrogen) atoms. The molecule has 0 aliphatic carbocycles. The Morgan fingerprint density at radius 2 is 1.91 bits per heavy atom. The van der Waals surface area contributed by atoms with Crippen molar-refractivity contribution in [2.24, 2.45) is 5.92 Å². The zero-order valence-corrected chi connectivity index (χ0v) is 25.9. The number of nitrogens with one attached hydrogen (secondary N) is 4. The van der Waals surface area contributed by atoms with E-state index >= 15 is 0 Å². The summed E-state index contributed by atoms with van der Waals surface area (Å²) in [6, 6.07) is 15.6. The summed E-state index contributed by atoms with van der Waals surface area (Å²) < 4.78 is 14.8. The minimum absolute atomic E-state index is 0.256. The van der Waals surface area contributed by atoms with Crippen LogP contribution in [0.1, 0.15) is 23.2 Å². The van der Waals surface area contributed by atoms with Crippen molar-refractivity contribution in [3.05, 3.63) is 66.5 Å². The van der Waals surface area contributed by atoms with Crippen LogP contribution in [0.3, 0.4) is 0 Å². The highest BCUT2D eigenvalue weighted by Gasteiger charge is 2.20. The van der Waals surface area contributed by atoms with Gasteiger partial charge in [-0.1, -0.05) is 0 Å². The minimum Gasteiger partial charge on any atom is -0.455 e. The number of anilines is 3. The number of carbonyl (C=O) groups excluding carboxylic acids is 1. The molecule has 4 heterocycles. The molecule has 4 N–H and O–H groups in total. The number of amides is 1. The molecule has 2 fully saturated rings. The van der Waals surface area contributed by atoms with Crippen molar-refractivity contribution in [3.63, 3.8) is 0 Å². The lowest BCUT2D eigenvalue weighted by molar-refractivity contribution is 0.0699. The van der Waals surface area contributed by atoms with E-state index in [-0.39, 0.29) is 5.91 Å². The van der Waals surface area contributed by atoms with Gasteiger partial charge in [0.2, 0.25) is 0 Å². The Morgan fingerprint density at radius 3 is 2.73 bits per heavy atom. The van der Waals surface area contributed by atoms with Crippen molar-refractivity contribution in [1.29, 1.82) is 0 Å². The number of H-pyrrole nitrogens is 1. The number of hydrogen-bond acceptors (Lipinski definition) is 10. The topological polar surface area (TPSA) is 116 Å². The van der Waals surface area contributed by atoms with E-state index in [0.29, 0.717) is 23.0 Å². The lowest BCUT2D eigenvalue weighted by atomic mass is 10.0. The van der Waals surface area contributed by atoms with E-state index in [1.807, 2.05) is 54.7 Å². The van der Waals surface area contributed by atoms with Crippen LogP contribution < -0.4 is 25.2 Å². The number of pyridine rings is 1. The molecule has 0 radical (unpaired) electrons. The first kappa shape index (κ1) is 30.1. The zero-order valence-electron chi connectivity index (χ0n) is 25.1. The largest absolute Gasteiger partial charge is 0.455 e. The number of rotatable bonds is 11. The van der Waals surface area contributed by atoms with Gasteiger partial charge in [0.05, 0.1) is 30.2 Å². The molecular formula is C32H39N7O4S. The Balaban J connectivity index is 1.18. The molecule has 0 spiro atoms. The lowest BCUT2D eigenvalue weighted by Gasteiger charge is -2.34. The van der Waals surface area contributed by atoms with Gasteiger partial charge >= 0.3 is 0 Å². The minimum atomic E-state index is -0.256. The second-order valence-electron chi connectivity index (χ2n) is 11.1. The molecule has 0 saturated carbocycles. The normalized spacial score (nSPS) is 16.2. The van der Waals surface area contributed by atoms with E-state index in [9.17, 15) is 4.79 Å². The van der Waals surface area contributed by atoms with E-state index in [1.165, 1.54) is 11.9 Å². The van der Waals surface area contributed by atoms with Gasteiger partial charge in [-0.05, 0) is 80.2 Å². The summed E-state index contributed by atoms with van der Waals surface area (Å²) in [6.07, 6.45) is 5.62. The summed E-state index contributed by atoms with van der Waals surface area (Å²) in [5.41, 5.74) is 6.94. The molecule has 1 amide bonds. The summed E-state index contributed by atoms with van der Waals surface area (Å²) in [6.45, 7) is 6.27. The quantitative estimate of drug-likeness (QED) is 0.130. The van der Waals surface area contributed by atoms with Gasteiger partial charge in [-0.15, -0.1) is 0 Å². The van der Waals surface area contributed by atoms with Crippen LogP contribution in [0.15, 0.2) is 65.8 Å². The third-order valence-electron chi connectivity index (χ3n) is 8.07. The van der Waals surface area contributed by atoms with E-state index in [2.05, 4.69) is 42.3 Å². The number of hydrogen-bond donors (Lipinski definition) is 4. The van der Waals surface area contributed by atoms with Gasteiger partial charge in [-0.2, -0.15) is 0 Å². The Bertz CT molecular complexity index is 1570. The number of piperazine rings is 1. The predicted molar refractivity (Wildman–Crippen MR) is 175 cm³/mol. The molecule has 2 saturated heterocycles. The summed E-state index contributed by atoms with van der Waals surface area (Å²) in [4.78, 5) is 31.8. The lowest BCUT2D eigenvalue weighted by Crippen LogP contribution is -2.44. The van der Waals surface area contributed by atoms with Crippen molar-refractivity contribution in [3.8, 4) is 11.5 Å². The molecule has 4 aromatic rings. The Hall–Kier alpha value is -3.97. The van der Waals surface area contributed by atoms with Crippen molar-refractivity contribution in [1.82, 2.24) is 19.6 Å². The number of likely N-dealkylation sites (N-methyl/N-ethyl adjacent to an activating group) is 1. The predicted octanol–water partition coefficient (Wildman–Crippen LogP) is 5.36. The van der Waals surface area contributed by atoms with E-state index in [1.54, 1.807) is 13.3 Å². The first-order valence-electron chi connectivity index (χ1n) is 15.0. The van der Waals surface area contributed by atoms with Crippen LogP contribution in [0.2, 0.25) is 0 Å². The third kappa shape index (κ3) is 7.39. The van der Waals surface area contributed by atoms with Crippen LogP contribution in [0, 0.1) is 5.92 Å². The molecule has 11 nitrogen and oxygen atoms in total. The first-order valence-corrected chi connectivity index (χ1v) is 15.8. The molecule has 0 bridgehead atoms. The van der Waals surface area contributed by atoms with E-state index < -0.39 is 0 Å². The van der Waals surface area contributed by atoms with E-state index in [0.717, 1.165) is 91.8 Å².